The van der Waals surface area contributed by atoms with E-state index in [1.807, 2.05) is 0 Å². The van der Waals surface area contributed by atoms with Gasteiger partial charge in [0.05, 0.1) is 36.9 Å². The quantitative estimate of drug-likeness (QED) is 0.463. The predicted molar refractivity (Wildman–Crippen MR) is 139 cm³/mol. The van der Waals surface area contributed by atoms with Crippen molar-refractivity contribution in [1.82, 2.24) is 9.36 Å². The van der Waals surface area contributed by atoms with Gasteiger partial charge in [-0.05, 0) is 62.4 Å². The third-order valence-electron chi connectivity index (χ3n) is 7.19. The van der Waals surface area contributed by atoms with Crippen LogP contribution in [-0.4, -0.2) is 40.3 Å². The summed E-state index contributed by atoms with van der Waals surface area (Å²) >= 11 is 0. The molecular formula is C28H24N4O5. The van der Waals surface area contributed by atoms with Gasteiger partial charge in [0.1, 0.15) is 17.2 Å². The molecule has 0 aliphatic carbocycles. The molecule has 0 saturated carbocycles. The summed E-state index contributed by atoms with van der Waals surface area (Å²) in [6, 6.07) is 19.0. The number of phenolic OH excluding ortho intramolecular Hbond substituents is 1. The minimum absolute atomic E-state index is 0.0143. The molecular weight excluding hydrogens is 472 g/mol. The number of hydrogen-bond acceptors (Lipinski definition) is 6. The Hall–Kier alpha value is -4.79. The normalized spacial score (nSPS) is 17.7. The van der Waals surface area contributed by atoms with Crippen LogP contribution in [0.25, 0.3) is 16.8 Å². The Morgan fingerprint density at radius 2 is 1.57 bits per heavy atom. The number of hydrogen-bond donors (Lipinski definition) is 1. The third-order valence-corrected chi connectivity index (χ3v) is 7.19. The number of benzene rings is 3. The summed E-state index contributed by atoms with van der Waals surface area (Å²) < 4.78 is 13.9. The van der Waals surface area contributed by atoms with Crippen molar-refractivity contribution in [3.8, 4) is 34.1 Å². The summed E-state index contributed by atoms with van der Waals surface area (Å²) in [7, 11) is 3.13. The van der Waals surface area contributed by atoms with E-state index in [2.05, 4.69) is 5.10 Å². The molecule has 1 amide bonds. The summed E-state index contributed by atoms with van der Waals surface area (Å²) in [4.78, 5) is 28.4. The van der Waals surface area contributed by atoms with E-state index in [9.17, 15) is 14.7 Å². The summed E-state index contributed by atoms with van der Waals surface area (Å²) in [5, 5.41) is 16.6. The first kappa shape index (κ1) is 22.7. The van der Waals surface area contributed by atoms with Gasteiger partial charge < -0.3 is 14.6 Å². The molecule has 0 fully saturated rings. The monoisotopic (exact) mass is 496 g/mol. The Bertz CT molecular complexity index is 1680. The molecule has 1 N–H and O–H groups in total. The number of rotatable bonds is 4. The number of carbonyl (C=O) groups excluding carboxylic acids is 1. The Kier molecular flexibility index (Phi) is 4.81. The lowest BCUT2D eigenvalue weighted by Crippen LogP contribution is -2.48. The average Bonchev–Trinajstić information content (AvgIpc) is 3.47. The van der Waals surface area contributed by atoms with E-state index in [4.69, 9.17) is 9.47 Å². The number of methoxy groups -OCH3 is 2. The van der Waals surface area contributed by atoms with Crippen LogP contribution in [-0.2, 0) is 10.3 Å². The second kappa shape index (κ2) is 7.86. The van der Waals surface area contributed by atoms with Crippen LogP contribution in [0.5, 0.6) is 17.2 Å². The van der Waals surface area contributed by atoms with Gasteiger partial charge in [-0.15, -0.1) is 0 Å². The van der Waals surface area contributed by atoms with Gasteiger partial charge in [-0.3, -0.25) is 14.3 Å². The fraction of sp³-hybridized carbons (Fsp3) is 0.179. The minimum atomic E-state index is -1.42. The van der Waals surface area contributed by atoms with Crippen LogP contribution in [0.15, 0.2) is 76.6 Å². The van der Waals surface area contributed by atoms with Crippen LogP contribution in [0, 0.1) is 6.92 Å². The lowest BCUT2D eigenvalue weighted by atomic mass is 9.84. The highest BCUT2D eigenvalue weighted by molar-refractivity contribution is 6.24. The first-order valence-electron chi connectivity index (χ1n) is 11.7. The van der Waals surface area contributed by atoms with Gasteiger partial charge in [0.15, 0.2) is 0 Å². The molecule has 37 heavy (non-hydrogen) atoms. The molecule has 0 bridgehead atoms. The van der Waals surface area contributed by atoms with E-state index >= 15 is 0 Å². The van der Waals surface area contributed by atoms with Gasteiger partial charge in [-0.2, -0.15) is 10.1 Å². The van der Waals surface area contributed by atoms with Crippen LogP contribution >= 0.6 is 0 Å². The SMILES string of the molecule is COc1ccc(N2N=C(C)C3(C2=O)c2cc(OC)ccc2-n2c(=O)c(-c4ccccc4O)c(C)n23)cc1. The van der Waals surface area contributed by atoms with E-state index in [1.54, 1.807) is 93.4 Å². The fourth-order valence-corrected chi connectivity index (χ4v) is 5.48. The molecule has 1 unspecified atom stereocenters. The zero-order valence-electron chi connectivity index (χ0n) is 20.7. The molecule has 1 atom stereocenters. The maximum atomic E-state index is 14.4. The van der Waals surface area contributed by atoms with Gasteiger partial charge in [-0.25, -0.2) is 4.68 Å². The molecule has 3 aromatic carbocycles. The smallest absolute Gasteiger partial charge is 0.285 e. The van der Waals surface area contributed by atoms with Crippen LogP contribution < -0.4 is 20.0 Å². The van der Waals surface area contributed by atoms with E-state index in [-0.39, 0.29) is 17.2 Å². The molecule has 2 aliphatic rings. The number of aromatic nitrogens is 2. The van der Waals surface area contributed by atoms with Gasteiger partial charge in [0, 0.05) is 16.8 Å². The first-order chi connectivity index (χ1) is 17.8. The largest absolute Gasteiger partial charge is 0.507 e. The summed E-state index contributed by atoms with van der Waals surface area (Å²) in [5.41, 5.74) is 1.70. The second-order valence-corrected chi connectivity index (χ2v) is 9.00. The van der Waals surface area contributed by atoms with Crippen molar-refractivity contribution in [2.24, 2.45) is 5.10 Å². The number of fused-ring (bicyclic) bond motifs is 5. The predicted octanol–water partition coefficient (Wildman–Crippen LogP) is 3.82. The van der Waals surface area contributed by atoms with Crippen LogP contribution in [0.3, 0.4) is 0 Å². The van der Waals surface area contributed by atoms with Gasteiger partial charge in [0.2, 0.25) is 5.54 Å². The number of hydrazone groups is 1. The number of para-hydroxylation sites is 1. The Balaban J connectivity index is 1.65. The number of nitrogens with zero attached hydrogens (tertiary/aromatic N) is 4. The molecule has 0 saturated heterocycles. The van der Waals surface area contributed by atoms with E-state index in [0.717, 1.165) is 0 Å². The number of ether oxygens (including phenoxy) is 2. The molecule has 9 nitrogen and oxygen atoms in total. The van der Waals surface area contributed by atoms with Gasteiger partial charge in [0.25, 0.3) is 11.5 Å². The first-order valence-corrected chi connectivity index (χ1v) is 11.7. The van der Waals surface area contributed by atoms with Crippen molar-refractivity contribution in [2.45, 2.75) is 19.4 Å². The molecule has 6 rings (SSSR count). The Morgan fingerprint density at radius 1 is 0.892 bits per heavy atom. The van der Waals surface area contributed by atoms with Crippen molar-refractivity contribution in [2.75, 3.05) is 19.2 Å². The van der Waals surface area contributed by atoms with Crippen molar-refractivity contribution in [3.05, 3.63) is 88.3 Å². The van der Waals surface area contributed by atoms with Gasteiger partial charge >= 0.3 is 0 Å². The second-order valence-electron chi connectivity index (χ2n) is 9.00. The lowest BCUT2D eigenvalue weighted by Gasteiger charge is -2.27. The van der Waals surface area contributed by atoms with Crippen molar-refractivity contribution in [3.63, 3.8) is 0 Å². The number of carbonyl (C=O) groups is 1. The third kappa shape index (κ3) is 2.82. The number of amides is 1. The lowest BCUT2D eigenvalue weighted by molar-refractivity contribution is -0.122. The van der Waals surface area contributed by atoms with Crippen LogP contribution in [0.4, 0.5) is 5.69 Å². The van der Waals surface area contributed by atoms with Crippen molar-refractivity contribution >= 4 is 17.3 Å². The van der Waals surface area contributed by atoms with Crippen molar-refractivity contribution < 1.29 is 19.4 Å². The van der Waals surface area contributed by atoms with E-state index < -0.39 is 5.54 Å². The molecule has 2 aliphatic heterocycles. The molecule has 1 aromatic heterocycles. The fourth-order valence-electron chi connectivity index (χ4n) is 5.48. The zero-order valence-corrected chi connectivity index (χ0v) is 20.7. The van der Waals surface area contributed by atoms with E-state index in [0.29, 0.717) is 51.0 Å². The maximum absolute atomic E-state index is 14.4. The number of phenols is 1. The zero-order chi connectivity index (χ0) is 26.1. The van der Waals surface area contributed by atoms with Crippen LogP contribution in [0.2, 0.25) is 0 Å². The Labute approximate surface area is 212 Å². The minimum Gasteiger partial charge on any atom is -0.507 e. The summed E-state index contributed by atoms with van der Waals surface area (Å²) in [6.07, 6.45) is 0. The molecule has 186 valence electrons. The highest BCUT2D eigenvalue weighted by Crippen LogP contribution is 2.47. The highest BCUT2D eigenvalue weighted by atomic mass is 16.5. The number of anilines is 1. The standard InChI is InChI=1S/C28H24N4O5/c1-16-25(21-7-5-6-8-24(21)33)26(34)31-23-14-13-20(37-4)15-22(23)28(32(16)31)17(2)29-30(27(28)35)18-9-11-19(36-3)12-10-18/h5-15,33H,1-4H3. The number of aromatic hydroxyl groups is 1. The summed E-state index contributed by atoms with van der Waals surface area (Å²) in [6.45, 7) is 3.56. The highest BCUT2D eigenvalue weighted by Gasteiger charge is 2.59. The maximum Gasteiger partial charge on any atom is 0.285 e. The molecule has 4 aromatic rings. The molecule has 3 heterocycles. The molecule has 9 heteroatoms. The van der Waals surface area contributed by atoms with Gasteiger partial charge in [-0.1, -0.05) is 18.2 Å². The average molecular weight is 497 g/mol. The van der Waals surface area contributed by atoms with Crippen molar-refractivity contribution in [1.29, 1.82) is 0 Å². The molecule has 1 spiro atoms. The van der Waals surface area contributed by atoms with Crippen LogP contribution in [0.1, 0.15) is 18.2 Å². The molecule has 0 radical (unpaired) electrons. The van der Waals surface area contributed by atoms with E-state index in [1.165, 1.54) is 15.8 Å². The topological polar surface area (TPSA) is 98.3 Å². The summed E-state index contributed by atoms with van der Waals surface area (Å²) in [5.74, 6) is 0.862. The Morgan fingerprint density at radius 3 is 2.24 bits per heavy atom.